The molecule has 0 spiro atoms. The van der Waals surface area contributed by atoms with Crippen molar-refractivity contribution in [2.24, 2.45) is 17.8 Å². The molecule has 1 saturated carbocycles. The summed E-state index contributed by atoms with van der Waals surface area (Å²) in [4.78, 5) is 0. The normalized spacial score (nSPS) is 28.3. The number of benzene rings is 1. The molecule has 124 valence electrons. The molecule has 0 radical (unpaired) electrons. The van der Waals surface area contributed by atoms with Crippen LogP contribution < -0.4 is 0 Å². The molecule has 2 aliphatic carbocycles. The van der Waals surface area contributed by atoms with Crippen LogP contribution in [0, 0.1) is 36.3 Å². The number of halogens is 2. The summed E-state index contributed by atoms with van der Waals surface area (Å²) in [6.07, 6.45) is 12.3. The van der Waals surface area contributed by atoms with Gasteiger partial charge in [-0.3, -0.25) is 0 Å². The van der Waals surface area contributed by atoms with Crippen LogP contribution >= 0.6 is 0 Å². The van der Waals surface area contributed by atoms with Gasteiger partial charge in [-0.05, 0) is 80.8 Å². The summed E-state index contributed by atoms with van der Waals surface area (Å²) >= 11 is 0. The van der Waals surface area contributed by atoms with Gasteiger partial charge in [-0.15, -0.1) is 6.58 Å². The molecule has 1 aromatic rings. The van der Waals surface area contributed by atoms with Crippen molar-refractivity contribution in [1.82, 2.24) is 0 Å². The van der Waals surface area contributed by atoms with Gasteiger partial charge in [0.05, 0.1) is 0 Å². The topological polar surface area (TPSA) is 0 Å². The number of aryl methyl sites for hydroxylation is 1. The number of hydrogen-bond donors (Lipinski definition) is 0. The lowest BCUT2D eigenvalue weighted by Gasteiger charge is -2.34. The predicted molar refractivity (Wildman–Crippen MR) is 92.1 cm³/mol. The van der Waals surface area contributed by atoms with Crippen LogP contribution in [0.4, 0.5) is 8.78 Å². The largest absolute Gasteiger partial charge is 0.203 e. The number of rotatable bonds is 3. The second kappa shape index (κ2) is 6.98. The van der Waals surface area contributed by atoms with E-state index in [1.165, 1.54) is 25.7 Å². The van der Waals surface area contributed by atoms with Crippen molar-refractivity contribution in [3.8, 4) is 0 Å². The molecule has 1 unspecified atom stereocenters. The van der Waals surface area contributed by atoms with Crippen LogP contribution in [0.3, 0.4) is 0 Å². The van der Waals surface area contributed by atoms with Crippen LogP contribution in [-0.4, -0.2) is 0 Å². The molecule has 2 aliphatic rings. The minimum Gasteiger partial charge on any atom is -0.203 e. The van der Waals surface area contributed by atoms with Gasteiger partial charge in [0, 0.05) is 5.56 Å². The van der Waals surface area contributed by atoms with E-state index in [1.807, 2.05) is 0 Å². The van der Waals surface area contributed by atoms with E-state index in [-0.39, 0.29) is 0 Å². The van der Waals surface area contributed by atoms with E-state index in [0.29, 0.717) is 23.0 Å². The fraction of sp³-hybridized carbons (Fsp3) is 0.524. The Hall–Kier alpha value is -1.44. The highest BCUT2D eigenvalue weighted by Crippen LogP contribution is 2.41. The standard InChI is InChI=1S/C21H26F2/c1-3-15-5-7-16(8-6-15)17-9-11-18(12-10-17)19-13-4-14(2)20(22)21(19)23/h3-4,11,13,15-17H,1,5-10,12H2,2H3. The Morgan fingerprint density at radius 3 is 2.35 bits per heavy atom. The maximum atomic E-state index is 14.2. The molecule has 23 heavy (non-hydrogen) atoms. The van der Waals surface area contributed by atoms with Gasteiger partial charge in [-0.25, -0.2) is 8.78 Å². The Morgan fingerprint density at radius 2 is 1.74 bits per heavy atom. The Balaban J connectivity index is 1.67. The lowest BCUT2D eigenvalue weighted by molar-refractivity contribution is 0.212. The summed E-state index contributed by atoms with van der Waals surface area (Å²) in [6.45, 7) is 5.52. The molecule has 3 rings (SSSR count). The van der Waals surface area contributed by atoms with Gasteiger partial charge in [0.15, 0.2) is 11.6 Å². The first-order valence-electron chi connectivity index (χ1n) is 8.86. The van der Waals surface area contributed by atoms with Gasteiger partial charge < -0.3 is 0 Å². The summed E-state index contributed by atoms with van der Waals surface area (Å²) in [7, 11) is 0. The van der Waals surface area contributed by atoms with Crippen LogP contribution in [0.15, 0.2) is 30.9 Å². The van der Waals surface area contributed by atoms with E-state index in [2.05, 4.69) is 18.7 Å². The summed E-state index contributed by atoms with van der Waals surface area (Å²) < 4.78 is 27.9. The van der Waals surface area contributed by atoms with Crippen molar-refractivity contribution >= 4 is 5.57 Å². The molecule has 0 nitrogen and oxygen atoms in total. The smallest absolute Gasteiger partial charge is 0.166 e. The third-order valence-corrected chi connectivity index (χ3v) is 5.89. The van der Waals surface area contributed by atoms with Gasteiger partial charge >= 0.3 is 0 Å². The van der Waals surface area contributed by atoms with Crippen molar-refractivity contribution in [3.63, 3.8) is 0 Å². The molecule has 0 bridgehead atoms. The van der Waals surface area contributed by atoms with Crippen LogP contribution in [-0.2, 0) is 0 Å². The van der Waals surface area contributed by atoms with E-state index in [1.54, 1.807) is 19.1 Å². The summed E-state index contributed by atoms with van der Waals surface area (Å²) in [5, 5.41) is 0. The van der Waals surface area contributed by atoms with E-state index < -0.39 is 11.6 Å². The van der Waals surface area contributed by atoms with Gasteiger partial charge in [0.25, 0.3) is 0 Å². The third kappa shape index (κ3) is 3.41. The molecule has 0 N–H and O–H groups in total. The minimum absolute atomic E-state index is 0.375. The molecular weight excluding hydrogens is 290 g/mol. The van der Waals surface area contributed by atoms with Gasteiger partial charge in [0.1, 0.15) is 0 Å². The van der Waals surface area contributed by atoms with E-state index in [9.17, 15) is 8.78 Å². The number of allylic oxidation sites excluding steroid dienone is 3. The molecule has 0 aliphatic heterocycles. The summed E-state index contributed by atoms with van der Waals surface area (Å²) in [6, 6.07) is 3.41. The third-order valence-electron chi connectivity index (χ3n) is 5.89. The quantitative estimate of drug-likeness (QED) is 0.562. The zero-order valence-corrected chi connectivity index (χ0v) is 14.0. The van der Waals surface area contributed by atoms with Gasteiger partial charge in [-0.1, -0.05) is 24.3 Å². The molecule has 1 aromatic carbocycles. The van der Waals surface area contributed by atoms with Crippen LogP contribution in [0.2, 0.25) is 0 Å². The maximum Gasteiger partial charge on any atom is 0.166 e. The Morgan fingerprint density at radius 1 is 1.00 bits per heavy atom. The van der Waals surface area contributed by atoms with Crippen molar-refractivity contribution in [1.29, 1.82) is 0 Å². The average molecular weight is 316 g/mol. The molecular formula is C21H26F2. The van der Waals surface area contributed by atoms with E-state index >= 15 is 0 Å². The summed E-state index contributed by atoms with van der Waals surface area (Å²) in [5.74, 6) is 0.825. The zero-order valence-electron chi connectivity index (χ0n) is 14.0. The van der Waals surface area contributed by atoms with E-state index in [0.717, 1.165) is 30.8 Å². The Bertz CT molecular complexity index is 607. The predicted octanol–water partition coefficient (Wildman–Crippen LogP) is 6.45. The Kier molecular flexibility index (Phi) is 4.99. The van der Waals surface area contributed by atoms with Crippen molar-refractivity contribution in [2.45, 2.75) is 51.9 Å². The first kappa shape index (κ1) is 16.4. The average Bonchev–Trinajstić information content (AvgIpc) is 2.60. The van der Waals surface area contributed by atoms with Crippen molar-refractivity contribution < 1.29 is 8.78 Å². The van der Waals surface area contributed by atoms with Crippen LogP contribution in [0.5, 0.6) is 0 Å². The monoisotopic (exact) mass is 316 g/mol. The Labute approximate surface area is 138 Å². The van der Waals surface area contributed by atoms with Crippen molar-refractivity contribution in [3.05, 3.63) is 53.6 Å². The molecule has 1 atom stereocenters. The van der Waals surface area contributed by atoms with Crippen LogP contribution in [0.1, 0.15) is 56.1 Å². The second-order valence-corrected chi connectivity index (χ2v) is 7.23. The fourth-order valence-electron chi connectivity index (χ4n) is 4.27. The first-order chi connectivity index (χ1) is 11.1. The van der Waals surface area contributed by atoms with Crippen molar-refractivity contribution in [2.75, 3.05) is 0 Å². The molecule has 0 aromatic heterocycles. The zero-order chi connectivity index (χ0) is 16.4. The highest BCUT2D eigenvalue weighted by atomic mass is 19.2. The first-order valence-corrected chi connectivity index (χ1v) is 8.86. The fourth-order valence-corrected chi connectivity index (χ4v) is 4.27. The lowest BCUT2D eigenvalue weighted by atomic mass is 9.71. The van der Waals surface area contributed by atoms with Gasteiger partial charge in [-0.2, -0.15) is 0 Å². The van der Waals surface area contributed by atoms with Gasteiger partial charge in [0.2, 0.25) is 0 Å². The molecule has 2 heteroatoms. The highest BCUT2D eigenvalue weighted by molar-refractivity contribution is 5.67. The molecule has 0 amide bonds. The lowest BCUT2D eigenvalue weighted by Crippen LogP contribution is -2.22. The SMILES string of the molecule is C=CC1CCC(C2CC=C(c3ccc(C)c(F)c3F)CC2)CC1. The summed E-state index contributed by atoms with van der Waals surface area (Å²) in [5.41, 5.74) is 1.82. The molecule has 0 saturated heterocycles. The second-order valence-electron chi connectivity index (χ2n) is 7.23. The van der Waals surface area contributed by atoms with Crippen LogP contribution in [0.25, 0.3) is 5.57 Å². The maximum absolute atomic E-state index is 14.2. The molecule has 0 heterocycles. The minimum atomic E-state index is -0.701. The molecule has 1 fully saturated rings. The highest BCUT2D eigenvalue weighted by Gasteiger charge is 2.28. The number of hydrogen-bond acceptors (Lipinski definition) is 0. The van der Waals surface area contributed by atoms with E-state index in [4.69, 9.17) is 0 Å².